The van der Waals surface area contributed by atoms with Crippen molar-refractivity contribution in [3.8, 4) is 0 Å². The van der Waals surface area contributed by atoms with Gasteiger partial charge in [0.25, 0.3) is 5.91 Å². The molecular weight excluding hydrogens is 356 g/mol. The minimum atomic E-state index is -0.00694. The number of likely N-dealkylation sites (tertiary alicyclic amines) is 1. The maximum atomic E-state index is 13.0. The fourth-order valence-corrected chi connectivity index (χ4v) is 4.05. The minimum Gasteiger partial charge on any atom is -0.348 e. The largest absolute Gasteiger partial charge is 0.348 e. The van der Waals surface area contributed by atoms with Crippen LogP contribution >= 0.6 is 0 Å². The molecule has 0 saturated carbocycles. The lowest BCUT2D eigenvalue weighted by Crippen LogP contribution is -2.26. The number of hydrogen-bond donors (Lipinski definition) is 1. The van der Waals surface area contributed by atoms with E-state index in [0.717, 1.165) is 24.1 Å². The van der Waals surface area contributed by atoms with Crippen molar-refractivity contribution in [1.29, 1.82) is 0 Å². The number of nitrogens with one attached hydrogen (secondary N) is 1. The quantitative estimate of drug-likeness (QED) is 0.634. The monoisotopic (exact) mass is 384 g/mol. The van der Waals surface area contributed by atoms with E-state index >= 15 is 0 Å². The van der Waals surface area contributed by atoms with Gasteiger partial charge < -0.3 is 5.32 Å². The average Bonchev–Trinajstić information content (AvgIpc) is 3.27. The number of amides is 1. The first-order chi connectivity index (χ1) is 14.3. The maximum Gasteiger partial charge on any atom is 0.251 e. The maximum absolute atomic E-state index is 13.0. The third-order valence-corrected chi connectivity index (χ3v) is 5.65. The van der Waals surface area contributed by atoms with Crippen LogP contribution in [0.15, 0.2) is 78.9 Å². The molecule has 0 spiro atoms. The highest BCUT2D eigenvalue weighted by Gasteiger charge is 2.15. The normalized spacial score (nSPS) is 14.1. The smallest absolute Gasteiger partial charge is 0.251 e. The Kier molecular flexibility index (Phi) is 6.38. The van der Waals surface area contributed by atoms with Crippen molar-refractivity contribution in [3.63, 3.8) is 0 Å². The topological polar surface area (TPSA) is 32.3 Å². The predicted molar refractivity (Wildman–Crippen MR) is 118 cm³/mol. The first-order valence-electron chi connectivity index (χ1n) is 10.5. The second kappa shape index (κ2) is 9.53. The number of hydrogen-bond acceptors (Lipinski definition) is 2. The number of carbonyl (C=O) groups excluding carboxylic acids is 1. The van der Waals surface area contributed by atoms with Crippen LogP contribution in [0.4, 0.5) is 0 Å². The highest BCUT2D eigenvalue weighted by Crippen LogP contribution is 2.17. The zero-order valence-electron chi connectivity index (χ0n) is 16.8. The van der Waals surface area contributed by atoms with E-state index in [0.29, 0.717) is 6.54 Å². The first kappa shape index (κ1) is 19.4. The van der Waals surface area contributed by atoms with Crippen molar-refractivity contribution in [1.82, 2.24) is 10.2 Å². The van der Waals surface area contributed by atoms with E-state index in [1.807, 2.05) is 42.5 Å². The summed E-state index contributed by atoms with van der Waals surface area (Å²) in [6.07, 6.45) is 3.34. The molecule has 0 bridgehead atoms. The first-order valence-corrected chi connectivity index (χ1v) is 10.5. The van der Waals surface area contributed by atoms with Crippen molar-refractivity contribution < 1.29 is 4.79 Å². The summed E-state index contributed by atoms with van der Waals surface area (Å²) in [7, 11) is 0. The Balaban J connectivity index is 1.44. The molecule has 1 aliphatic rings. The summed E-state index contributed by atoms with van der Waals surface area (Å²) in [6.45, 7) is 3.88. The minimum absolute atomic E-state index is 0.00694. The molecule has 0 atom stereocenters. The molecular formula is C26H28N2O. The average molecular weight is 385 g/mol. The lowest BCUT2D eigenvalue weighted by atomic mass is 9.99. The van der Waals surface area contributed by atoms with E-state index in [1.54, 1.807) is 0 Å². The standard InChI is InChI=1S/C26H28N2O/c29-26(25-15-7-6-12-22(25)18-21-10-2-1-3-11-21)27-19-23-13-4-5-14-24(23)20-28-16-8-9-17-28/h1-7,10-15H,8-9,16-20H2,(H,27,29). The molecule has 0 aliphatic carbocycles. The number of nitrogens with zero attached hydrogens (tertiary/aromatic N) is 1. The molecule has 148 valence electrons. The van der Waals surface area contributed by atoms with E-state index in [-0.39, 0.29) is 5.91 Å². The Morgan fingerprint density at radius 1 is 0.759 bits per heavy atom. The molecule has 1 N–H and O–H groups in total. The number of rotatable bonds is 7. The van der Waals surface area contributed by atoms with Gasteiger partial charge in [-0.25, -0.2) is 0 Å². The molecule has 4 rings (SSSR count). The molecule has 1 fully saturated rings. The van der Waals surface area contributed by atoms with E-state index in [9.17, 15) is 4.79 Å². The molecule has 3 heteroatoms. The van der Waals surface area contributed by atoms with Gasteiger partial charge in [0, 0.05) is 18.7 Å². The van der Waals surface area contributed by atoms with Crippen molar-refractivity contribution in [2.45, 2.75) is 32.4 Å². The lowest BCUT2D eigenvalue weighted by Gasteiger charge is -2.18. The van der Waals surface area contributed by atoms with Gasteiger partial charge in [-0.1, -0.05) is 72.8 Å². The Bertz CT molecular complexity index is 946. The Morgan fingerprint density at radius 3 is 2.14 bits per heavy atom. The summed E-state index contributed by atoms with van der Waals surface area (Å²) in [4.78, 5) is 15.5. The van der Waals surface area contributed by atoms with Crippen LogP contribution in [0.5, 0.6) is 0 Å². The van der Waals surface area contributed by atoms with Crippen molar-refractivity contribution >= 4 is 5.91 Å². The van der Waals surface area contributed by atoms with Crippen LogP contribution in [0.1, 0.15) is 45.5 Å². The zero-order chi connectivity index (χ0) is 19.9. The fraction of sp³-hybridized carbons (Fsp3) is 0.269. The van der Waals surface area contributed by atoms with Crippen molar-refractivity contribution in [2.75, 3.05) is 13.1 Å². The van der Waals surface area contributed by atoms with Gasteiger partial charge in [-0.2, -0.15) is 0 Å². The number of benzene rings is 3. The summed E-state index contributed by atoms with van der Waals surface area (Å²) < 4.78 is 0. The van der Waals surface area contributed by atoms with Gasteiger partial charge in [0.05, 0.1) is 0 Å². The summed E-state index contributed by atoms with van der Waals surface area (Å²) in [6, 6.07) is 26.6. The van der Waals surface area contributed by atoms with Gasteiger partial charge in [-0.15, -0.1) is 0 Å². The molecule has 1 saturated heterocycles. The third kappa shape index (κ3) is 5.12. The molecule has 0 radical (unpaired) electrons. The van der Waals surface area contributed by atoms with Gasteiger partial charge in [-0.05, 0) is 60.7 Å². The Morgan fingerprint density at radius 2 is 1.38 bits per heavy atom. The zero-order valence-corrected chi connectivity index (χ0v) is 16.8. The van der Waals surface area contributed by atoms with E-state index < -0.39 is 0 Å². The molecule has 1 aliphatic heterocycles. The molecule has 0 aromatic heterocycles. The van der Waals surface area contributed by atoms with E-state index in [1.165, 1.54) is 42.6 Å². The van der Waals surface area contributed by atoms with Crippen molar-refractivity contribution in [3.05, 3.63) is 107 Å². The van der Waals surface area contributed by atoms with Gasteiger partial charge in [0.15, 0.2) is 0 Å². The summed E-state index contributed by atoms with van der Waals surface area (Å²) >= 11 is 0. The number of carbonyl (C=O) groups is 1. The second-order valence-electron chi connectivity index (χ2n) is 7.75. The molecule has 3 nitrogen and oxygen atoms in total. The molecule has 0 unspecified atom stereocenters. The van der Waals surface area contributed by atoms with Crippen LogP contribution in [0.25, 0.3) is 0 Å². The van der Waals surface area contributed by atoms with Gasteiger partial charge in [0.2, 0.25) is 0 Å². The molecule has 1 amide bonds. The van der Waals surface area contributed by atoms with Gasteiger partial charge in [0.1, 0.15) is 0 Å². The summed E-state index contributed by atoms with van der Waals surface area (Å²) in [5, 5.41) is 3.15. The summed E-state index contributed by atoms with van der Waals surface area (Å²) in [5.41, 5.74) is 5.54. The fourth-order valence-electron chi connectivity index (χ4n) is 4.05. The second-order valence-corrected chi connectivity index (χ2v) is 7.75. The molecule has 3 aromatic rings. The van der Waals surface area contributed by atoms with Crippen molar-refractivity contribution in [2.24, 2.45) is 0 Å². The van der Waals surface area contributed by atoms with Crippen LogP contribution in [-0.4, -0.2) is 23.9 Å². The van der Waals surface area contributed by atoms with Crippen LogP contribution in [0.3, 0.4) is 0 Å². The molecule has 3 aromatic carbocycles. The van der Waals surface area contributed by atoms with Crippen LogP contribution in [0.2, 0.25) is 0 Å². The lowest BCUT2D eigenvalue weighted by molar-refractivity contribution is 0.0950. The van der Waals surface area contributed by atoms with Gasteiger partial charge in [-0.3, -0.25) is 9.69 Å². The van der Waals surface area contributed by atoms with Crippen LogP contribution in [0, 0.1) is 0 Å². The Hall–Kier alpha value is -2.91. The summed E-state index contributed by atoms with van der Waals surface area (Å²) in [5.74, 6) is -0.00694. The highest BCUT2D eigenvalue weighted by molar-refractivity contribution is 5.95. The van der Waals surface area contributed by atoms with E-state index in [4.69, 9.17) is 0 Å². The molecule has 1 heterocycles. The van der Waals surface area contributed by atoms with Crippen LogP contribution < -0.4 is 5.32 Å². The van der Waals surface area contributed by atoms with E-state index in [2.05, 4.69) is 46.6 Å². The Labute approximate surface area is 173 Å². The van der Waals surface area contributed by atoms with Gasteiger partial charge >= 0.3 is 0 Å². The SMILES string of the molecule is O=C(NCc1ccccc1CN1CCCC1)c1ccccc1Cc1ccccc1. The van der Waals surface area contributed by atoms with Crippen LogP contribution in [-0.2, 0) is 19.5 Å². The third-order valence-electron chi connectivity index (χ3n) is 5.65. The predicted octanol–water partition coefficient (Wildman–Crippen LogP) is 4.80. The molecule has 29 heavy (non-hydrogen) atoms. The highest BCUT2D eigenvalue weighted by atomic mass is 16.1.